The number of carbonyl (C=O) groups is 2. The summed E-state index contributed by atoms with van der Waals surface area (Å²) in [6.07, 6.45) is 0.319. The second kappa shape index (κ2) is 7.75. The molecule has 0 unspecified atom stereocenters. The zero-order valence-electron chi connectivity index (χ0n) is 13.4. The number of para-hydroxylation sites is 1. The highest BCUT2D eigenvalue weighted by Gasteiger charge is 2.31. The van der Waals surface area contributed by atoms with Crippen LogP contribution in [0.2, 0.25) is 0 Å². The number of benzene rings is 2. The summed E-state index contributed by atoms with van der Waals surface area (Å²) < 4.78 is 5.42. The van der Waals surface area contributed by atoms with Crippen LogP contribution >= 0.6 is 0 Å². The Morgan fingerprint density at radius 1 is 1.08 bits per heavy atom. The molecular weight excluding hydrogens is 304 g/mol. The lowest BCUT2D eigenvalue weighted by Gasteiger charge is -2.17. The first-order chi connectivity index (χ1) is 11.7. The van der Waals surface area contributed by atoms with Crippen molar-refractivity contribution in [2.45, 2.75) is 19.1 Å². The van der Waals surface area contributed by atoms with E-state index in [9.17, 15) is 9.59 Å². The SMILES string of the molecule is O=C(COCc1ccccc1)N[C@@H]1CC(=O)N(c2ccccc2)C1. The molecule has 0 bridgehead atoms. The largest absolute Gasteiger partial charge is 0.367 e. The lowest BCUT2D eigenvalue weighted by molar-refractivity contribution is -0.126. The summed E-state index contributed by atoms with van der Waals surface area (Å²) >= 11 is 0. The van der Waals surface area contributed by atoms with Gasteiger partial charge in [-0.2, -0.15) is 0 Å². The average molecular weight is 324 g/mol. The Hall–Kier alpha value is -2.66. The van der Waals surface area contributed by atoms with Crippen LogP contribution in [-0.4, -0.2) is 31.0 Å². The van der Waals surface area contributed by atoms with E-state index in [1.807, 2.05) is 60.7 Å². The predicted molar refractivity (Wildman–Crippen MR) is 91.4 cm³/mol. The number of anilines is 1. The molecule has 0 spiro atoms. The van der Waals surface area contributed by atoms with Gasteiger partial charge in [0.1, 0.15) is 6.61 Å². The standard InChI is InChI=1S/C19H20N2O3/c22-18(14-24-13-15-7-3-1-4-8-15)20-16-11-19(23)21(12-16)17-9-5-2-6-10-17/h1-10,16H,11-14H2,(H,20,22)/t16-/m1/s1. The number of amides is 2. The molecule has 1 heterocycles. The third-order valence-electron chi connectivity index (χ3n) is 3.90. The Bertz CT molecular complexity index is 688. The second-order valence-corrected chi connectivity index (χ2v) is 5.79. The van der Waals surface area contributed by atoms with E-state index in [0.717, 1.165) is 11.3 Å². The molecule has 1 aliphatic heterocycles. The molecule has 1 saturated heterocycles. The lowest BCUT2D eigenvalue weighted by atomic mass is 10.2. The van der Waals surface area contributed by atoms with Gasteiger partial charge >= 0.3 is 0 Å². The van der Waals surface area contributed by atoms with Crippen LogP contribution in [0.4, 0.5) is 5.69 Å². The van der Waals surface area contributed by atoms with E-state index >= 15 is 0 Å². The van der Waals surface area contributed by atoms with E-state index in [1.165, 1.54) is 0 Å². The number of hydrogen-bond donors (Lipinski definition) is 1. The minimum atomic E-state index is -0.196. The molecular formula is C19H20N2O3. The third-order valence-corrected chi connectivity index (χ3v) is 3.90. The van der Waals surface area contributed by atoms with Gasteiger partial charge in [0.25, 0.3) is 0 Å². The van der Waals surface area contributed by atoms with E-state index in [1.54, 1.807) is 4.90 Å². The molecule has 1 fully saturated rings. The minimum absolute atomic E-state index is 0.00901. The van der Waals surface area contributed by atoms with Gasteiger partial charge in [-0.1, -0.05) is 48.5 Å². The van der Waals surface area contributed by atoms with Crippen LogP contribution in [0, 0.1) is 0 Å². The molecule has 124 valence electrons. The van der Waals surface area contributed by atoms with Crippen molar-refractivity contribution < 1.29 is 14.3 Å². The number of nitrogens with zero attached hydrogens (tertiary/aromatic N) is 1. The number of nitrogens with one attached hydrogen (secondary N) is 1. The van der Waals surface area contributed by atoms with E-state index in [-0.39, 0.29) is 24.5 Å². The van der Waals surface area contributed by atoms with Crippen molar-refractivity contribution in [3.05, 3.63) is 66.2 Å². The topological polar surface area (TPSA) is 58.6 Å². The van der Waals surface area contributed by atoms with E-state index < -0.39 is 0 Å². The molecule has 2 aromatic carbocycles. The molecule has 2 aromatic rings. The molecule has 5 heteroatoms. The van der Waals surface area contributed by atoms with Crippen molar-refractivity contribution >= 4 is 17.5 Å². The molecule has 2 amide bonds. The minimum Gasteiger partial charge on any atom is -0.367 e. The number of hydrogen-bond acceptors (Lipinski definition) is 3. The number of rotatable bonds is 6. The smallest absolute Gasteiger partial charge is 0.246 e. The van der Waals surface area contributed by atoms with Crippen LogP contribution in [0.3, 0.4) is 0 Å². The van der Waals surface area contributed by atoms with Crippen molar-refractivity contribution in [3.63, 3.8) is 0 Å². The predicted octanol–water partition coefficient (Wildman–Crippen LogP) is 2.12. The van der Waals surface area contributed by atoms with E-state index in [0.29, 0.717) is 19.6 Å². The molecule has 5 nitrogen and oxygen atoms in total. The van der Waals surface area contributed by atoms with E-state index in [4.69, 9.17) is 4.74 Å². The van der Waals surface area contributed by atoms with Crippen LogP contribution in [0.15, 0.2) is 60.7 Å². The van der Waals surface area contributed by atoms with Gasteiger partial charge in [-0.25, -0.2) is 0 Å². The van der Waals surface area contributed by atoms with Crippen LogP contribution in [-0.2, 0) is 20.9 Å². The highest BCUT2D eigenvalue weighted by atomic mass is 16.5. The summed E-state index contributed by atoms with van der Waals surface area (Å²) in [4.78, 5) is 25.8. The summed E-state index contributed by atoms with van der Waals surface area (Å²) in [6.45, 7) is 0.881. The lowest BCUT2D eigenvalue weighted by Crippen LogP contribution is -2.39. The highest BCUT2D eigenvalue weighted by molar-refractivity contribution is 5.96. The molecule has 1 N–H and O–H groups in total. The maximum Gasteiger partial charge on any atom is 0.246 e. The van der Waals surface area contributed by atoms with Gasteiger partial charge in [-0.3, -0.25) is 9.59 Å². The monoisotopic (exact) mass is 324 g/mol. The number of carbonyl (C=O) groups excluding carboxylic acids is 2. The Labute approximate surface area is 141 Å². The molecule has 0 aromatic heterocycles. The van der Waals surface area contributed by atoms with Crippen molar-refractivity contribution in [1.29, 1.82) is 0 Å². The highest BCUT2D eigenvalue weighted by Crippen LogP contribution is 2.20. The molecule has 0 aliphatic carbocycles. The Morgan fingerprint density at radius 3 is 2.46 bits per heavy atom. The molecule has 24 heavy (non-hydrogen) atoms. The Kier molecular flexibility index (Phi) is 5.23. The Balaban J connectivity index is 1.45. The van der Waals surface area contributed by atoms with Gasteiger partial charge < -0.3 is 15.0 Å². The average Bonchev–Trinajstić information content (AvgIpc) is 2.97. The van der Waals surface area contributed by atoms with Gasteiger partial charge in [-0.15, -0.1) is 0 Å². The summed E-state index contributed by atoms with van der Waals surface area (Å²) in [5.41, 5.74) is 1.89. The maximum atomic E-state index is 12.1. The van der Waals surface area contributed by atoms with Crippen molar-refractivity contribution in [3.8, 4) is 0 Å². The molecule has 0 radical (unpaired) electrons. The van der Waals surface area contributed by atoms with Gasteiger partial charge in [-0.05, 0) is 17.7 Å². The molecule has 3 rings (SSSR count). The Morgan fingerprint density at radius 2 is 1.75 bits per heavy atom. The quantitative estimate of drug-likeness (QED) is 0.885. The summed E-state index contributed by atoms with van der Waals surface area (Å²) in [5, 5.41) is 2.87. The van der Waals surface area contributed by atoms with Crippen LogP contribution in [0.5, 0.6) is 0 Å². The zero-order chi connectivity index (χ0) is 16.8. The first-order valence-corrected chi connectivity index (χ1v) is 7.99. The fraction of sp³-hybridized carbons (Fsp3) is 0.263. The fourth-order valence-corrected chi connectivity index (χ4v) is 2.77. The fourth-order valence-electron chi connectivity index (χ4n) is 2.77. The van der Waals surface area contributed by atoms with Crippen LogP contribution in [0.1, 0.15) is 12.0 Å². The zero-order valence-corrected chi connectivity index (χ0v) is 13.4. The third kappa shape index (κ3) is 4.20. The van der Waals surface area contributed by atoms with E-state index in [2.05, 4.69) is 5.32 Å². The van der Waals surface area contributed by atoms with Crippen LogP contribution < -0.4 is 10.2 Å². The summed E-state index contributed by atoms with van der Waals surface area (Å²) in [7, 11) is 0. The summed E-state index contributed by atoms with van der Waals surface area (Å²) in [6, 6.07) is 19.0. The first-order valence-electron chi connectivity index (χ1n) is 7.99. The van der Waals surface area contributed by atoms with Crippen LogP contribution in [0.25, 0.3) is 0 Å². The van der Waals surface area contributed by atoms with Gasteiger partial charge in [0.15, 0.2) is 0 Å². The second-order valence-electron chi connectivity index (χ2n) is 5.79. The molecule has 0 saturated carbocycles. The normalized spacial score (nSPS) is 17.1. The van der Waals surface area contributed by atoms with Gasteiger partial charge in [0.05, 0.1) is 12.6 Å². The van der Waals surface area contributed by atoms with Crippen molar-refractivity contribution in [1.82, 2.24) is 5.32 Å². The van der Waals surface area contributed by atoms with Crippen molar-refractivity contribution in [2.24, 2.45) is 0 Å². The molecule has 1 atom stereocenters. The summed E-state index contributed by atoms with van der Waals surface area (Å²) in [5.74, 6) is -0.171. The van der Waals surface area contributed by atoms with Gasteiger partial charge in [0, 0.05) is 18.7 Å². The van der Waals surface area contributed by atoms with Gasteiger partial charge in [0.2, 0.25) is 11.8 Å². The maximum absolute atomic E-state index is 12.1. The first kappa shape index (κ1) is 16.2. The molecule has 1 aliphatic rings. The number of ether oxygens (including phenoxy) is 1. The van der Waals surface area contributed by atoms with Crippen molar-refractivity contribution in [2.75, 3.05) is 18.1 Å².